The first-order valence-electron chi connectivity index (χ1n) is 8.50. The summed E-state index contributed by atoms with van der Waals surface area (Å²) in [5, 5.41) is 4.08. The van der Waals surface area contributed by atoms with Gasteiger partial charge in [-0.25, -0.2) is 0 Å². The highest BCUT2D eigenvalue weighted by atomic mass is 15.0. The molecule has 0 heterocycles. The van der Waals surface area contributed by atoms with E-state index < -0.39 is 0 Å². The lowest BCUT2D eigenvalue weighted by Crippen LogP contribution is -2.41. The van der Waals surface area contributed by atoms with Gasteiger partial charge < -0.3 is 5.32 Å². The molecule has 0 aromatic heterocycles. The van der Waals surface area contributed by atoms with Crippen molar-refractivity contribution in [2.75, 3.05) is 0 Å². The molecule has 3 saturated carbocycles. The van der Waals surface area contributed by atoms with Crippen LogP contribution >= 0.6 is 0 Å². The molecular formula is C17H31N. The van der Waals surface area contributed by atoms with Crippen molar-refractivity contribution < 1.29 is 0 Å². The normalized spacial score (nSPS) is 34.0. The van der Waals surface area contributed by atoms with Crippen LogP contribution in [0.1, 0.15) is 71.6 Å². The Labute approximate surface area is 113 Å². The van der Waals surface area contributed by atoms with Crippen molar-refractivity contribution in [2.24, 2.45) is 23.7 Å². The van der Waals surface area contributed by atoms with Gasteiger partial charge in [-0.05, 0) is 68.6 Å². The summed E-state index contributed by atoms with van der Waals surface area (Å²) >= 11 is 0. The first-order valence-corrected chi connectivity index (χ1v) is 8.50. The molecule has 18 heavy (non-hydrogen) atoms. The van der Waals surface area contributed by atoms with Crippen molar-refractivity contribution in [3.63, 3.8) is 0 Å². The predicted octanol–water partition coefficient (Wildman–Crippen LogP) is 4.37. The van der Waals surface area contributed by atoms with Crippen LogP contribution in [0.5, 0.6) is 0 Å². The number of rotatable bonds is 5. The molecule has 0 aromatic rings. The minimum atomic E-state index is 0.847. The molecule has 0 amide bonds. The van der Waals surface area contributed by atoms with Crippen LogP contribution in [0.2, 0.25) is 0 Å². The van der Waals surface area contributed by atoms with Gasteiger partial charge in [0.1, 0.15) is 0 Å². The van der Waals surface area contributed by atoms with Gasteiger partial charge in [0.05, 0.1) is 0 Å². The summed E-state index contributed by atoms with van der Waals surface area (Å²) in [5.74, 6) is 4.01. The highest BCUT2D eigenvalue weighted by molar-refractivity contribution is 4.97. The van der Waals surface area contributed by atoms with E-state index >= 15 is 0 Å². The molecule has 1 heteroatoms. The smallest absolute Gasteiger partial charge is 0.0126 e. The van der Waals surface area contributed by atoms with Crippen LogP contribution < -0.4 is 5.32 Å². The molecule has 0 aliphatic heterocycles. The molecule has 0 radical (unpaired) electrons. The van der Waals surface area contributed by atoms with Crippen LogP contribution in [0.3, 0.4) is 0 Å². The van der Waals surface area contributed by atoms with Crippen LogP contribution in [-0.4, -0.2) is 12.1 Å². The standard InChI is InChI=1S/C17H31N/c1-12(2)13-4-3-5-16(11-10-13)18-17(14-6-7-14)15-8-9-15/h12-18H,3-11H2,1-2H3. The Morgan fingerprint density at radius 3 is 1.89 bits per heavy atom. The molecule has 0 spiro atoms. The summed E-state index contributed by atoms with van der Waals surface area (Å²) < 4.78 is 0. The molecule has 1 N–H and O–H groups in total. The van der Waals surface area contributed by atoms with Gasteiger partial charge >= 0.3 is 0 Å². The second kappa shape index (κ2) is 5.53. The molecule has 3 fully saturated rings. The van der Waals surface area contributed by atoms with Gasteiger partial charge in [0, 0.05) is 12.1 Å². The molecule has 2 atom stereocenters. The number of hydrogen-bond acceptors (Lipinski definition) is 1. The van der Waals surface area contributed by atoms with E-state index in [0.717, 1.165) is 35.8 Å². The second-order valence-electron chi connectivity index (χ2n) is 7.58. The van der Waals surface area contributed by atoms with E-state index in [9.17, 15) is 0 Å². The highest BCUT2D eigenvalue weighted by Gasteiger charge is 2.42. The molecule has 3 aliphatic rings. The molecular weight excluding hydrogens is 218 g/mol. The average molecular weight is 249 g/mol. The summed E-state index contributed by atoms with van der Waals surface area (Å²) in [6.07, 6.45) is 13.3. The van der Waals surface area contributed by atoms with Crippen molar-refractivity contribution in [3.05, 3.63) is 0 Å². The van der Waals surface area contributed by atoms with E-state index in [0.29, 0.717) is 0 Å². The summed E-state index contributed by atoms with van der Waals surface area (Å²) in [6.45, 7) is 4.82. The topological polar surface area (TPSA) is 12.0 Å². The number of nitrogens with one attached hydrogen (secondary N) is 1. The second-order valence-corrected chi connectivity index (χ2v) is 7.58. The fraction of sp³-hybridized carbons (Fsp3) is 1.00. The quantitative estimate of drug-likeness (QED) is 0.713. The van der Waals surface area contributed by atoms with E-state index in [2.05, 4.69) is 19.2 Å². The van der Waals surface area contributed by atoms with Crippen molar-refractivity contribution in [1.82, 2.24) is 5.32 Å². The van der Waals surface area contributed by atoms with E-state index in [-0.39, 0.29) is 0 Å². The predicted molar refractivity (Wildman–Crippen MR) is 77.6 cm³/mol. The van der Waals surface area contributed by atoms with Gasteiger partial charge in [0.25, 0.3) is 0 Å². The average Bonchev–Trinajstić information content (AvgIpc) is 3.20. The van der Waals surface area contributed by atoms with E-state index in [4.69, 9.17) is 0 Å². The van der Waals surface area contributed by atoms with Crippen LogP contribution in [-0.2, 0) is 0 Å². The first-order chi connectivity index (χ1) is 8.74. The van der Waals surface area contributed by atoms with Crippen LogP contribution in [0.15, 0.2) is 0 Å². The Morgan fingerprint density at radius 2 is 1.33 bits per heavy atom. The zero-order valence-electron chi connectivity index (χ0n) is 12.3. The van der Waals surface area contributed by atoms with Crippen molar-refractivity contribution >= 4 is 0 Å². The van der Waals surface area contributed by atoms with Gasteiger partial charge in [0.15, 0.2) is 0 Å². The summed E-state index contributed by atoms with van der Waals surface area (Å²) in [5.41, 5.74) is 0. The maximum Gasteiger partial charge on any atom is 0.0126 e. The first kappa shape index (κ1) is 13.0. The summed E-state index contributed by atoms with van der Waals surface area (Å²) in [6, 6.07) is 1.76. The fourth-order valence-electron chi connectivity index (χ4n) is 4.00. The van der Waals surface area contributed by atoms with Crippen LogP contribution in [0.25, 0.3) is 0 Å². The lowest BCUT2D eigenvalue weighted by molar-refractivity contribution is 0.319. The molecule has 0 bridgehead atoms. The van der Waals surface area contributed by atoms with Crippen LogP contribution in [0.4, 0.5) is 0 Å². The minimum Gasteiger partial charge on any atom is -0.311 e. The number of hydrogen-bond donors (Lipinski definition) is 1. The third-order valence-corrected chi connectivity index (χ3v) is 5.64. The third-order valence-electron chi connectivity index (χ3n) is 5.64. The van der Waals surface area contributed by atoms with Crippen molar-refractivity contribution in [1.29, 1.82) is 0 Å². The molecule has 2 unspecified atom stereocenters. The van der Waals surface area contributed by atoms with Gasteiger partial charge in [-0.15, -0.1) is 0 Å². The zero-order valence-corrected chi connectivity index (χ0v) is 12.3. The SMILES string of the molecule is CC(C)C1CCCC(NC(C2CC2)C2CC2)CC1. The Bertz CT molecular complexity index is 253. The molecule has 3 rings (SSSR count). The Hall–Kier alpha value is -0.0400. The molecule has 3 aliphatic carbocycles. The lowest BCUT2D eigenvalue weighted by Gasteiger charge is -2.25. The van der Waals surface area contributed by atoms with Crippen LogP contribution in [0, 0.1) is 23.7 Å². The largest absolute Gasteiger partial charge is 0.311 e. The minimum absolute atomic E-state index is 0.847. The molecule has 0 saturated heterocycles. The van der Waals surface area contributed by atoms with Gasteiger partial charge in [-0.1, -0.05) is 26.7 Å². The van der Waals surface area contributed by atoms with Crippen molar-refractivity contribution in [2.45, 2.75) is 83.7 Å². The molecule has 104 valence electrons. The van der Waals surface area contributed by atoms with Crippen molar-refractivity contribution in [3.8, 4) is 0 Å². The summed E-state index contributed by atoms with van der Waals surface area (Å²) in [7, 11) is 0. The Balaban J connectivity index is 1.49. The Kier molecular flexibility index (Phi) is 3.98. The van der Waals surface area contributed by atoms with Gasteiger partial charge in [-0.3, -0.25) is 0 Å². The zero-order chi connectivity index (χ0) is 12.5. The maximum atomic E-state index is 4.08. The van der Waals surface area contributed by atoms with E-state index in [1.165, 1.54) is 57.8 Å². The maximum absolute atomic E-state index is 4.08. The molecule has 0 aromatic carbocycles. The monoisotopic (exact) mass is 249 g/mol. The summed E-state index contributed by atoms with van der Waals surface area (Å²) in [4.78, 5) is 0. The van der Waals surface area contributed by atoms with E-state index in [1.807, 2.05) is 0 Å². The molecule has 1 nitrogen and oxygen atoms in total. The van der Waals surface area contributed by atoms with Gasteiger partial charge in [-0.2, -0.15) is 0 Å². The fourth-order valence-corrected chi connectivity index (χ4v) is 4.00. The third kappa shape index (κ3) is 3.29. The van der Waals surface area contributed by atoms with E-state index in [1.54, 1.807) is 0 Å². The Morgan fingerprint density at radius 1 is 0.722 bits per heavy atom. The lowest BCUT2D eigenvalue weighted by atomic mass is 9.89. The van der Waals surface area contributed by atoms with Gasteiger partial charge in [0.2, 0.25) is 0 Å². The highest BCUT2D eigenvalue weighted by Crippen LogP contribution is 2.45.